The summed E-state index contributed by atoms with van der Waals surface area (Å²) >= 11 is 0. The number of nitrogen functional groups attached to an aromatic ring is 1. The van der Waals surface area contributed by atoms with Crippen molar-refractivity contribution in [1.29, 1.82) is 0 Å². The highest BCUT2D eigenvalue weighted by Gasteiger charge is 2.07. The molecule has 1 aromatic carbocycles. The lowest BCUT2D eigenvalue weighted by molar-refractivity contribution is 1.19. The molecule has 5 nitrogen and oxygen atoms in total. The molecule has 0 spiro atoms. The molecular weight excluding hydrogens is 250 g/mol. The molecule has 0 saturated heterocycles. The van der Waals surface area contributed by atoms with Crippen LogP contribution in [0, 0.1) is 0 Å². The number of nitrogens with one attached hydrogen (secondary N) is 1. The fourth-order valence-electron chi connectivity index (χ4n) is 2.42. The van der Waals surface area contributed by atoms with Crippen LogP contribution in [0.15, 0.2) is 48.8 Å². The van der Waals surface area contributed by atoms with Crippen LogP contribution in [-0.4, -0.2) is 19.9 Å². The Morgan fingerprint density at radius 1 is 0.950 bits per heavy atom. The molecule has 0 amide bonds. The third-order valence-corrected chi connectivity index (χ3v) is 3.34. The maximum Gasteiger partial charge on any atom is 0.220 e. The molecule has 0 aliphatic rings. The van der Waals surface area contributed by atoms with E-state index in [-0.39, 0.29) is 5.95 Å². The third-order valence-electron chi connectivity index (χ3n) is 3.34. The van der Waals surface area contributed by atoms with Crippen molar-refractivity contribution in [1.82, 2.24) is 19.9 Å². The van der Waals surface area contributed by atoms with E-state index in [0.717, 1.165) is 33.2 Å². The molecule has 0 fully saturated rings. The third kappa shape index (κ3) is 1.60. The Hall–Kier alpha value is -2.95. The Morgan fingerprint density at radius 2 is 1.90 bits per heavy atom. The molecule has 0 atom stereocenters. The summed E-state index contributed by atoms with van der Waals surface area (Å²) in [5, 5.41) is 2.23. The maximum absolute atomic E-state index is 5.64. The van der Waals surface area contributed by atoms with Gasteiger partial charge in [0.1, 0.15) is 5.65 Å². The molecule has 3 N–H and O–H groups in total. The van der Waals surface area contributed by atoms with Gasteiger partial charge in [-0.2, -0.15) is 0 Å². The molecule has 20 heavy (non-hydrogen) atoms. The van der Waals surface area contributed by atoms with Crippen LogP contribution in [0.3, 0.4) is 0 Å². The van der Waals surface area contributed by atoms with Gasteiger partial charge in [0, 0.05) is 34.2 Å². The summed E-state index contributed by atoms with van der Waals surface area (Å²) in [6.45, 7) is 0. The molecule has 0 unspecified atom stereocenters. The van der Waals surface area contributed by atoms with Crippen molar-refractivity contribution in [2.45, 2.75) is 0 Å². The van der Waals surface area contributed by atoms with Crippen molar-refractivity contribution in [3.8, 4) is 11.3 Å². The second-order valence-electron chi connectivity index (χ2n) is 4.59. The lowest BCUT2D eigenvalue weighted by Gasteiger charge is -2.01. The van der Waals surface area contributed by atoms with E-state index < -0.39 is 0 Å². The van der Waals surface area contributed by atoms with Crippen molar-refractivity contribution in [3.63, 3.8) is 0 Å². The quantitative estimate of drug-likeness (QED) is 0.552. The van der Waals surface area contributed by atoms with Gasteiger partial charge >= 0.3 is 0 Å². The van der Waals surface area contributed by atoms with Crippen LogP contribution in [0.25, 0.3) is 33.2 Å². The number of hydrogen-bond donors (Lipinski definition) is 2. The van der Waals surface area contributed by atoms with Crippen LogP contribution in [0.5, 0.6) is 0 Å². The monoisotopic (exact) mass is 261 g/mol. The molecule has 96 valence electrons. The number of pyridine rings is 1. The lowest BCUT2D eigenvalue weighted by Crippen LogP contribution is -1.94. The topological polar surface area (TPSA) is 80.5 Å². The SMILES string of the molecule is Nc1nccc(-c2ccc3[nH]c4ncccc4c3c2)n1. The average molecular weight is 261 g/mol. The van der Waals surface area contributed by atoms with Gasteiger partial charge in [0.05, 0.1) is 5.69 Å². The Kier molecular flexibility index (Phi) is 2.20. The van der Waals surface area contributed by atoms with Crippen LogP contribution in [0.2, 0.25) is 0 Å². The van der Waals surface area contributed by atoms with Gasteiger partial charge in [0.25, 0.3) is 0 Å². The van der Waals surface area contributed by atoms with Crippen molar-refractivity contribution in [3.05, 3.63) is 48.8 Å². The van der Waals surface area contributed by atoms with Crippen molar-refractivity contribution < 1.29 is 0 Å². The van der Waals surface area contributed by atoms with Gasteiger partial charge in [-0.1, -0.05) is 6.07 Å². The average Bonchev–Trinajstić information content (AvgIpc) is 2.85. The first-order valence-electron chi connectivity index (χ1n) is 6.26. The minimum Gasteiger partial charge on any atom is -0.368 e. The number of anilines is 1. The second kappa shape index (κ2) is 4.03. The predicted octanol–water partition coefficient (Wildman–Crippen LogP) is 2.76. The van der Waals surface area contributed by atoms with Crippen LogP contribution in [-0.2, 0) is 0 Å². The Labute approximate surface area is 114 Å². The van der Waals surface area contributed by atoms with Gasteiger partial charge in [0.2, 0.25) is 5.95 Å². The highest BCUT2D eigenvalue weighted by Crippen LogP contribution is 2.28. The molecule has 3 aromatic heterocycles. The van der Waals surface area contributed by atoms with Gasteiger partial charge in [0.15, 0.2) is 0 Å². The summed E-state index contributed by atoms with van der Waals surface area (Å²) in [7, 11) is 0. The zero-order valence-electron chi connectivity index (χ0n) is 10.5. The number of fused-ring (bicyclic) bond motifs is 3. The largest absolute Gasteiger partial charge is 0.368 e. The fourth-order valence-corrected chi connectivity index (χ4v) is 2.42. The highest BCUT2D eigenvalue weighted by molar-refractivity contribution is 6.07. The maximum atomic E-state index is 5.64. The molecule has 0 radical (unpaired) electrons. The summed E-state index contributed by atoms with van der Waals surface area (Å²) in [6, 6.07) is 12.0. The van der Waals surface area contributed by atoms with Crippen molar-refractivity contribution in [2.75, 3.05) is 5.73 Å². The molecule has 0 saturated carbocycles. The van der Waals surface area contributed by atoms with Crippen LogP contribution < -0.4 is 5.73 Å². The second-order valence-corrected chi connectivity index (χ2v) is 4.59. The number of H-pyrrole nitrogens is 1. The smallest absolute Gasteiger partial charge is 0.220 e. The van der Waals surface area contributed by atoms with E-state index in [1.54, 1.807) is 12.4 Å². The number of aromatic nitrogens is 4. The molecular formula is C15H11N5. The molecule has 0 aliphatic heterocycles. The fraction of sp³-hybridized carbons (Fsp3) is 0. The molecule has 5 heteroatoms. The number of nitrogens with two attached hydrogens (primary N) is 1. The van der Waals surface area contributed by atoms with E-state index in [1.807, 2.05) is 24.3 Å². The van der Waals surface area contributed by atoms with Crippen LogP contribution in [0.1, 0.15) is 0 Å². The van der Waals surface area contributed by atoms with Gasteiger partial charge in [-0.15, -0.1) is 0 Å². The first-order valence-corrected chi connectivity index (χ1v) is 6.26. The van der Waals surface area contributed by atoms with E-state index in [4.69, 9.17) is 5.73 Å². The molecule has 0 aliphatic carbocycles. The highest BCUT2D eigenvalue weighted by atomic mass is 15.0. The summed E-state index contributed by atoms with van der Waals surface area (Å²) in [5.74, 6) is 0.281. The zero-order valence-corrected chi connectivity index (χ0v) is 10.5. The number of benzene rings is 1. The zero-order chi connectivity index (χ0) is 13.5. The molecule has 3 heterocycles. The first kappa shape index (κ1) is 10.9. The predicted molar refractivity (Wildman–Crippen MR) is 79.0 cm³/mol. The number of aromatic amines is 1. The van der Waals surface area contributed by atoms with E-state index >= 15 is 0 Å². The number of nitrogens with zero attached hydrogens (tertiary/aromatic N) is 3. The van der Waals surface area contributed by atoms with E-state index in [1.165, 1.54) is 0 Å². The summed E-state index contributed by atoms with van der Waals surface area (Å²) < 4.78 is 0. The first-order chi connectivity index (χ1) is 9.81. The molecule has 0 bridgehead atoms. The van der Waals surface area contributed by atoms with E-state index in [9.17, 15) is 0 Å². The van der Waals surface area contributed by atoms with Crippen LogP contribution in [0.4, 0.5) is 5.95 Å². The summed E-state index contributed by atoms with van der Waals surface area (Å²) in [5.41, 5.74) is 9.42. The number of hydrogen-bond acceptors (Lipinski definition) is 4. The Morgan fingerprint density at radius 3 is 2.80 bits per heavy atom. The van der Waals surface area contributed by atoms with Gasteiger partial charge in [-0.3, -0.25) is 0 Å². The van der Waals surface area contributed by atoms with Gasteiger partial charge in [-0.25, -0.2) is 15.0 Å². The van der Waals surface area contributed by atoms with E-state index in [2.05, 4.69) is 32.1 Å². The minimum atomic E-state index is 0.281. The molecule has 4 rings (SSSR count). The van der Waals surface area contributed by atoms with E-state index in [0.29, 0.717) is 0 Å². The summed E-state index contributed by atoms with van der Waals surface area (Å²) in [4.78, 5) is 15.8. The van der Waals surface area contributed by atoms with Gasteiger partial charge in [-0.05, 0) is 30.3 Å². The Bertz CT molecular complexity index is 926. The molecule has 4 aromatic rings. The van der Waals surface area contributed by atoms with Crippen LogP contribution >= 0.6 is 0 Å². The normalized spacial score (nSPS) is 11.2. The van der Waals surface area contributed by atoms with Crippen molar-refractivity contribution in [2.24, 2.45) is 0 Å². The Balaban J connectivity index is 2.00. The minimum absolute atomic E-state index is 0.281. The van der Waals surface area contributed by atoms with Gasteiger partial charge < -0.3 is 10.7 Å². The standard InChI is InChI=1S/C15H11N5/c16-15-18-7-5-12(20-15)9-3-4-13-11(8-9)10-2-1-6-17-14(10)19-13/h1-8H,(H,17,19)(H2,16,18,20). The van der Waals surface area contributed by atoms with Crippen molar-refractivity contribution >= 4 is 27.9 Å². The summed E-state index contributed by atoms with van der Waals surface area (Å²) in [6.07, 6.45) is 3.45. The number of rotatable bonds is 1. The lowest BCUT2D eigenvalue weighted by atomic mass is 10.1.